The highest BCUT2D eigenvalue weighted by atomic mass is 32.1. The Hall–Kier alpha value is -2.34. The maximum atomic E-state index is 12.7. The number of hydrogen-bond donors (Lipinski definition) is 1. The molecule has 0 bridgehead atoms. The topological polar surface area (TPSA) is 56.1 Å². The molecule has 1 aliphatic rings. The van der Waals surface area contributed by atoms with E-state index in [1.165, 1.54) is 34.2 Å². The zero-order valence-corrected chi connectivity index (χ0v) is 16.7. The van der Waals surface area contributed by atoms with E-state index in [-0.39, 0.29) is 5.91 Å². The van der Waals surface area contributed by atoms with Crippen LogP contribution in [0.15, 0.2) is 24.4 Å². The zero-order chi connectivity index (χ0) is 18.8. The number of nitrogens with one attached hydrogen (secondary N) is 1. The number of hydrogen-bond acceptors (Lipinski definition) is 4. The first kappa shape index (κ1) is 18.0. The standard InChI is InChI=1S/C21H25N3O2S/c1-14-7-5-9-17-16(14)13-23-24(17)12-6-11-22-21(25)20-19(26-2)15-8-3-4-10-18(15)27-20/h5,7,9,13H,3-4,6,8,10-12H2,1-2H3,(H,22,25). The molecule has 0 spiro atoms. The van der Waals surface area contributed by atoms with Crippen molar-refractivity contribution in [2.24, 2.45) is 0 Å². The van der Waals surface area contributed by atoms with Gasteiger partial charge in [-0.3, -0.25) is 9.48 Å². The number of aromatic nitrogens is 2. The largest absolute Gasteiger partial charge is 0.495 e. The van der Waals surface area contributed by atoms with Gasteiger partial charge in [-0.1, -0.05) is 12.1 Å². The normalized spacial score (nSPS) is 13.6. The molecular weight excluding hydrogens is 358 g/mol. The van der Waals surface area contributed by atoms with Crippen LogP contribution in [0.4, 0.5) is 0 Å². The van der Waals surface area contributed by atoms with E-state index in [9.17, 15) is 4.79 Å². The molecule has 142 valence electrons. The summed E-state index contributed by atoms with van der Waals surface area (Å²) in [7, 11) is 1.67. The lowest BCUT2D eigenvalue weighted by atomic mass is 9.98. The highest BCUT2D eigenvalue weighted by Gasteiger charge is 2.25. The zero-order valence-electron chi connectivity index (χ0n) is 15.9. The molecule has 0 atom stereocenters. The van der Waals surface area contributed by atoms with Crippen molar-refractivity contribution in [3.05, 3.63) is 45.3 Å². The summed E-state index contributed by atoms with van der Waals surface area (Å²) in [6.45, 7) is 3.51. The molecule has 2 heterocycles. The summed E-state index contributed by atoms with van der Waals surface area (Å²) < 4.78 is 7.58. The molecular formula is C21H25N3O2S. The number of methoxy groups -OCH3 is 1. The molecule has 0 radical (unpaired) electrons. The van der Waals surface area contributed by atoms with Gasteiger partial charge >= 0.3 is 0 Å². The lowest BCUT2D eigenvalue weighted by Crippen LogP contribution is -2.25. The van der Waals surface area contributed by atoms with Gasteiger partial charge in [-0.25, -0.2) is 0 Å². The van der Waals surface area contributed by atoms with Crippen molar-refractivity contribution in [3.8, 4) is 5.75 Å². The minimum absolute atomic E-state index is 0.0209. The first-order valence-electron chi connectivity index (χ1n) is 9.57. The Balaban J connectivity index is 1.37. The molecule has 1 aromatic carbocycles. The SMILES string of the molecule is COc1c(C(=O)NCCCn2ncc3c(C)cccc32)sc2c1CCCC2. The molecule has 6 heteroatoms. The van der Waals surface area contributed by atoms with Crippen LogP contribution in [-0.2, 0) is 19.4 Å². The van der Waals surface area contributed by atoms with Crippen molar-refractivity contribution in [1.29, 1.82) is 0 Å². The predicted octanol–water partition coefficient (Wildman–Crippen LogP) is 4.11. The Labute approximate surface area is 163 Å². The quantitative estimate of drug-likeness (QED) is 0.652. The molecule has 1 N–H and O–H groups in total. The highest BCUT2D eigenvalue weighted by molar-refractivity contribution is 7.14. The van der Waals surface area contributed by atoms with Crippen LogP contribution in [0.2, 0.25) is 0 Å². The van der Waals surface area contributed by atoms with Gasteiger partial charge in [0.2, 0.25) is 0 Å². The second-order valence-corrected chi connectivity index (χ2v) is 8.16. The van der Waals surface area contributed by atoms with Gasteiger partial charge in [0.15, 0.2) is 0 Å². The molecule has 1 amide bonds. The predicted molar refractivity (Wildman–Crippen MR) is 109 cm³/mol. The van der Waals surface area contributed by atoms with Gasteiger partial charge in [0.05, 0.1) is 18.8 Å². The van der Waals surface area contributed by atoms with E-state index < -0.39 is 0 Å². The third-order valence-electron chi connectivity index (χ3n) is 5.27. The van der Waals surface area contributed by atoms with Crippen LogP contribution in [0.5, 0.6) is 5.75 Å². The molecule has 5 nitrogen and oxygen atoms in total. The second kappa shape index (κ2) is 7.72. The van der Waals surface area contributed by atoms with Crippen LogP contribution in [0.25, 0.3) is 10.9 Å². The van der Waals surface area contributed by atoms with E-state index in [0.717, 1.165) is 42.0 Å². The van der Waals surface area contributed by atoms with Crippen molar-refractivity contribution in [2.75, 3.05) is 13.7 Å². The number of fused-ring (bicyclic) bond motifs is 2. The van der Waals surface area contributed by atoms with Gasteiger partial charge in [-0.2, -0.15) is 5.10 Å². The Bertz CT molecular complexity index is 973. The first-order valence-corrected chi connectivity index (χ1v) is 10.4. The van der Waals surface area contributed by atoms with Crippen LogP contribution < -0.4 is 10.1 Å². The average molecular weight is 384 g/mol. The van der Waals surface area contributed by atoms with Crippen LogP contribution in [0.3, 0.4) is 0 Å². The highest BCUT2D eigenvalue weighted by Crippen LogP contribution is 2.39. The van der Waals surface area contributed by atoms with E-state index in [2.05, 4.69) is 35.5 Å². The Morgan fingerprint density at radius 1 is 1.33 bits per heavy atom. The number of benzene rings is 1. The summed E-state index contributed by atoms with van der Waals surface area (Å²) in [6, 6.07) is 6.25. The molecule has 0 saturated heterocycles. The van der Waals surface area contributed by atoms with Crippen molar-refractivity contribution in [3.63, 3.8) is 0 Å². The van der Waals surface area contributed by atoms with Crippen molar-refractivity contribution in [1.82, 2.24) is 15.1 Å². The Morgan fingerprint density at radius 3 is 3.04 bits per heavy atom. The molecule has 0 fully saturated rings. The van der Waals surface area contributed by atoms with Crippen molar-refractivity contribution >= 4 is 28.1 Å². The van der Waals surface area contributed by atoms with E-state index in [4.69, 9.17) is 4.74 Å². The van der Waals surface area contributed by atoms with E-state index in [0.29, 0.717) is 6.54 Å². The molecule has 27 heavy (non-hydrogen) atoms. The van der Waals surface area contributed by atoms with Gasteiger partial charge in [0, 0.05) is 28.9 Å². The third kappa shape index (κ3) is 3.46. The fourth-order valence-corrected chi connectivity index (χ4v) is 5.11. The maximum Gasteiger partial charge on any atom is 0.265 e. The van der Waals surface area contributed by atoms with E-state index >= 15 is 0 Å². The molecule has 3 aromatic rings. The van der Waals surface area contributed by atoms with Gasteiger partial charge in [0.1, 0.15) is 10.6 Å². The first-order chi connectivity index (χ1) is 13.2. The number of amides is 1. The monoisotopic (exact) mass is 383 g/mol. The summed E-state index contributed by atoms with van der Waals surface area (Å²) in [4.78, 5) is 14.7. The Kier molecular flexibility index (Phi) is 5.16. The number of aryl methyl sites for hydroxylation is 3. The average Bonchev–Trinajstić information content (AvgIpc) is 3.27. The smallest absolute Gasteiger partial charge is 0.265 e. The maximum absolute atomic E-state index is 12.7. The van der Waals surface area contributed by atoms with Crippen LogP contribution >= 0.6 is 11.3 Å². The van der Waals surface area contributed by atoms with Gasteiger partial charge in [-0.05, 0) is 50.7 Å². The van der Waals surface area contributed by atoms with Gasteiger partial charge in [0.25, 0.3) is 5.91 Å². The number of thiophene rings is 1. The summed E-state index contributed by atoms with van der Waals surface area (Å²) in [6.07, 6.45) is 7.23. The minimum Gasteiger partial charge on any atom is -0.495 e. The fourth-order valence-electron chi connectivity index (χ4n) is 3.84. The summed E-state index contributed by atoms with van der Waals surface area (Å²) in [5.74, 6) is 0.771. The summed E-state index contributed by atoms with van der Waals surface area (Å²) in [5.41, 5.74) is 3.63. The Morgan fingerprint density at radius 2 is 2.19 bits per heavy atom. The van der Waals surface area contributed by atoms with Gasteiger partial charge < -0.3 is 10.1 Å². The lowest BCUT2D eigenvalue weighted by Gasteiger charge is -2.11. The van der Waals surface area contributed by atoms with E-state index in [1.54, 1.807) is 18.4 Å². The third-order valence-corrected chi connectivity index (χ3v) is 6.54. The fraction of sp³-hybridized carbons (Fsp3) is 0.429. The molecule has 2 aromatic heterocycles. The molecule has 4 rings (SSSR count). The molecule has 0 unspecified atom stereocenters. The van der Waals surface area contributed by atoms with Gasteiger partial charge in [-0.15, -0.1) is 11.3 Å². The summed E-state index contributed by atoms with van der Waals surface area (Å²) >= 11 is 1.60. The van der Waals surface area contributed by atoms with Crippen LogP contribution in [0.1, 0.15) is 44.9 Å². The summed E-state index contributed by atoms with van der Waals surface area (Å²) in [5, 5.41) is 8.73. The van der Waals surface area contributed by atoms with E-state index in [1.807, 2.05) is 10.9 Å². The van der Waals surface area contributed by atoms with Crippen LogP contribution in [0, 0.1) is 6.92 Å². The number of nitrogens with zero attached hydrogens (tertiary/aromatic N) is 2. The van der Waals surface area contributed by atoms with Crippen LogP contribution in [-0.4, -0.2) is 29.3 Å². The number of carbonyl (C=O) groups excluding carboxylic acids is 1. The van der Waals surface area contributed by atoms with Crippen molar-refractivity contribution < 1.29 is 9.53 Å². The molecule has 1 aliphatic carbocycles. The lowest BCUT2D eigenvalue weighted by molar-refractivity contribution is 0.0954. The number of ether oxygens (including phenoxy) is 1. The second-order valence-electron chi connectivity index (χ2n) is 7.06. The van der Waals surface area contributed by atoms with Crippen molar-refractivity contribution in [2.45, 2.75) is 45.6 Å². The molecule has 0 saturated carbocycles. The number of carbonyl (C=O) groups is 1. The molecule has 0 aliphatic heterocycles. The number of rotatable bonds is 6. The minimum atomic E-state index is -0.0209.